The Morgan fingerprint density at radius 1 is 0.440 bits per heavy atom. The molecule has 0 amide bonds. The molecule has 8 aromatic rings. The van der Waals surface area contributed by atoms with Crippen molar-refractivity contribution < 1.29 is 126 Å². The zero-order valence-electron chi connectivity index (χ0n) is 65.9. The fourth-order valence-corrected chi connectivity index (χ4v) is 15.7. The number of hydrogen-bond acceptors (Lipinski definition) is 29. The summed E-state index contributed by atoms with van der Waals surface area (Å²) < 4.78 is 221. The number of aliphatic hydroxyl groups excluding tert-OH is 4. The quantitative estimate of drug-likeness (QED) is 0.0178. The van der Waals surface area contributed by atoms with E-state index < -0.39 is 127 Å². The Morgan fingerprint density at radius 3 is 1.11 bits per heavy atom. The van der Waals surface area contributed by atoms with Crippen molar-refractivity contribution in [3.63, 3.8) is 0 Å². The summed E-state index contributed by atoms with van der Waals surface area (Å²) in [6.45, 7) is 31.4. The lowest BCUT2D eigenvalue weighted by molar-refractivity contribution is -0.929. The van der Waals surface area contributed by atoms with Gasteiger partial charge in [0.1, 0.15) is 77.9 Å². The maximum atomic E-state index is 14.4. The number of aryl methyl sites for hydroxylation is 3. The highest BCUT2D eigenvalue weighted by atomic mass is 32.3. The molecular formula is C68H101F11N18O16S3. The molecule has 116 heavy (non-hydrogen) atoms. The summed E-state index contributed by atoms with van der Waals surface area (Å²) in [5, 5.41) is 39.1. The smallest absolute Gasteiger partial charge is 0.524 e. The highest BCUT2D eigenvalue weighted by Gasteiger charge is 2.58. The fourth-order valence-electron chi connectivity index (χ4n) is 13.4. The number of ether oxygens (including phenoxy) is 4. The molecule has 0 bridgehead atoms. The van der Waals surface area contributed by atoms with Gasteiger partial charge in [-0.3, -0.25) is 22.5 Å². The lowest BCUT2D eigenvalue weighted by Crippen LogP contribution is -3.00. The van der Waals surface area contributed by atoms with Crippen LogP contribution in [0.3, 0.4) is 0 Å². The van der Waals surface area contributed by atoms with Crippen LogP contribution < -0.4 is 10.4 Å². The number of halogens is 11. The average molecular weight is 1730 g/mol. The van der Waals surface area contributed by atoms with Gasteiger partial charge < -0.3 is 54.3 Å². The molecule has 34 nitrogen and oxygen atoms in total. The number of imidazole rings is 4. The van der Waals surface area contributed by atoms with E-state index in [4.69, 9.17) is 29.8 Å². The minimum atomic E-state index is -6.85. The normalized spacial score (nSPS) is 25.2. The molecule has 12 rings (SSSR count). The van der Waals surface area contributed by atoms with Crippen LogP contribution in [-0.4, -0.2) is 233 Å². The van der Waals surface area contributed by atoms with E-state index in [1.165, 1.54) is 129 Å². The van der Waals surface area contributed by atoms with Crippen LogP contribution >= 0.6 is 0 Å². The fraction of sp³-hybridized carbons (Fsp3) is 0.706. The van der Waals surface area contributed by atoms with Crippen molar-refractivity contribution in [2.75, 3.05) is 38.5 Å². The first kappa shape index (κ1) is 97.5. The van der Waals surface area contributed by atoms with Crippen LogP contribution in [0.2, 0.25) is 0 Å². The van der Waals surface area contributed by atoms with Crippen molar-refractivity contribution in [2.45, 2.75) is 257 Å². The molecule has 0 aromatic carbocycles. The molecule has 0 aliphatic carbocycles. The molecule has 4 fully saturated rings. The largest absolute Gasteiger partial charge is 1.00 e. The van der Waals surface area contributed by atoms with Gasteiger partial charge in [-0.2, -0.15) is 64.8 Å². The van der Waals surface area contributed by atoms with E-state index in [2.05, 4.69) is 98.6 Å². The van der Waals surface area contributed by atoms with Gasteiger partial charge >= 0.3 is 46.9 Å². The number of aromatic nitrogens is 16. The molecule has 0 spiro atoms. The summed E-state index contributed by atoms with van der Waals surface area (Å²) in [4.78, 5) is 49.4. The summed E-state index contributed by atoms with van der Waals surface area (Å²) in [5.41, 5.74) is -5.83. The van der Waals surface area contributed by atoms with Gasteiger partial charge in [0.2, 0.25) is 0 Å². The van der Waals surface area contributed by atoms with E-state index in [-0.39, 0.29) is 34.6 Å². The number of unbranched alkanes of at least 4 members (excludes halogenated alkanes) is 4. The maximum Gasteiger partial charge on any atom is 0.524 e. The third kappa shape index (κ3) is 22.4. The predicted octanol–water partition coefficient (Wildman–Crippen LogP) is 6.90. The third-order valence-electron chi connectivity index (χ3n) is 20.2. The van der Waals surface area contributed by atoms with Crippen molar-refractivity contribution in [3.8, 4) is 0 Å². The third-order valence-corrected chi connectivity index (χ3v) is 23.8. The first-order valence-corrected chi connectivity index (χ1v) is 41.6. The first-order chi connectivity index (χ1) is 53.9. The number of nitrogens with two attached hydrogens (primary N) is 1. The topological polar surface area (TPSA) is 439 Å². The molecule has 48 heteroatoms. The lowest BCUT2D eigenvalue weighted by Gasteiger charge is -2.39. The van der Waals surface area contributed by atoms with E-state index in [1.54, 1.807) is 42.6 Å². The molecule has 4 aliphatic heterocycles. The van der Waals surface area contributed by atoms with Gasteiger partial charge in [-0.05, 0) is 65.7 Å². The monoisotopic (exact) mass is 1730 g/mol. The van der Waals surface area contributed by atoms with Crippen LogP contribution in [0.1, 0.15) is 182 Å². The molecule has 4 saturated heterocycles. The number of quaternary nitrogens is 1. The van der Waals surface area contributed by atoms with Crippen molar-refractivity contribution >= 4 is 80.8 Å². The number of nitrogens with zero attached hydrogens (tertiary/aromatic N) is 17. The Bertz CT molecular complexity index is 4470. The second-order valence-electron chi connectivity index (χ2n) is 28.1. The Labute approximate surface area is 662 Å². The van der Waals surface area contributed by atoms with Crippen molar-refractivity contribution in [1.29, 1.82) is 0 Å². The van der Waals surface area contributed by atoms with Crippen molar-refractivity contribution in [2.24, 2.45) is 17.8 Å². The van der Waals surface area contributed by atoms with E-state index in [9.17, 15) is 84.5 Å². The highest BCUT2D eigenvalue weighted by molar-refractivity contribution is 8.00. The van der Waals surface area contributed by atoms with E-state index in [0.29, 0.717) is 51.3 Å². The summed E-state index contributed by atoms with van der Waals surface area (Å²) in [6, 6.07) is 0. The van der Waals surface area contributed by atoms with Crippen molar-refractivity contribution in [1.82, 2.24) is 78.1 Å². The maximum absolute atomic E-state index is 14.4. The summed E-state index contributed by atoms with van der Waals surface area (Å²) >= 11 is 0. The SMILES string of the molecule is CCCC[N+](CCCC)(CCCC)CCCC.CC[C@H]1O[C@@H](n2cnc3c(C)ncnc32)[C@@H](F)[C@@H]1C.CC[C@H]1O[C@@H](n2cnc3c(C)ncnc32)[C@H](O)[C@@H]1C.CC[C@H]1O[C@@H](n2cnc3c(C)ncnc32)[C@H](OS(=O)(=O)C(F)(F)F)[C@@H]1C.Nc1ncnc2c1ncn2[C@@H]1O[C@H](CO)[C@@H](O)[C@H]1O.O=S(=O)(OS(=O)(=O)C(F)(F)F)C(F)(F)F.[F-]. The first-order valence-electron chi connectivity index (χ1n) is 37.4. The number of aliphatic hydroxyl groups is 4. The molecule has 0 unspecified atom stereocenters. The van der Waals surface area contributed by atoms with Gasteiger partial charge in [0.25, 0.3) is 0 Å². The van der Waals surface area contributed by atoms with E-state index in [1.807, 2.05) is 38.2 Å². The molecule has 4 aliphatic rings. The molecule has 0 radical (unpaired) electrons. The van der Waals surface area contributed by atoms with Crippen LogP contribution in [0.25, 0.3) is 44.7 Å². The second-order valence-corrected chi connectivity index (χ2v) is 32.9. The molecule has 0 saturated carbocycles. The molecule has 8 aromatic heterocycles. The number of hydrogen-bond donors (Lipinski definition) is 5. The average Bonchev–Trinajstić information content (AvgIpc) is 1.69. The molecule has 654 valence electrons. The number of rotatable bonds is 24. The highest BCUT2D eigenvalue weighted by Crippen LogP contribution is 2.43. The lowest BCUT2D eigenvalue weighted by atomic mass is 9.99. The standard InChI is InChI=1S/C16H36N.C14H17F3N4O4S.C13H17FN4O.C13H18N4O2.C10H13N5O4.C2F6O5S2.FH/c1-5-9-13-17(14-10-6-2,15-11-7-3)16-12-8-4;1-4-9-7(2)11(25-26(22,23)14(15,16)17)13(24-9)21-6-20-10-8(3)18-5-19-12(10)21;1-4-9-7(2)10(14)13(19-9)18-6-17-11-8(3)15-5-16-12(11)18;1-4-9-7(2)11(18)13(19-9)17-6-16-10-8(3)14-5-15-12(10)17;11-8-5-9(13-2-12-8)15(3-14-5)10-7(18)6(17)4(1-16)19-10;3-1(4,5)14(9,10)13-15(11,12)2(6,7)8;/h5-16H2,1-4H3;5-7,9,11,13H,4H2,1-3H3;5-7,9-10,13H,4H2,1-3H3;5-7,9,11,13,18H,4H2,1-3H3;2-4,6-7,10,16-18H,1H2,(H2,11,12,13);;1H/q+1;;;;;;/p-1/t;7-,9-,11-,13-;7-,9-,10+,13-;7-,9-,11-,13-;4-,6-,7-,10-;;/m.1111../s1. The minimum absolute atomic E-state index is 0. The van der Waals surface area contributed by atoms with Crippen LogP contribution in [0.15, 0.2) is 50.6 Å². The number of alkyl halides is 10. The molecule has 6 N–H and O–H groups in total. The molecular weight excluding hydrogens is 1630 g/mol. The number of fused-ring (bicyclic) bond motifs is 4. The van der Waals surface area contributed by atoms with Crippen LogP contribution in [0.4, 0.5) is 49.7 Å². The van der Waals surface area contributed by atoms with Crippen LogP contribution in [0, 0.1) is 38.5 Å². The number of nitrogen functional groups attached to an aromatic ring is 1. The van der Waals surface area contributed by atoms with Gasteiger partial charge in [-0.15, -0.1) is 3.63 Å². The zero-order chi connectivity index (χ0) is 85.7. The van der Waals surface area contributed by atoms with Gasteiger partial charge in [0.15, 0.2) is 59.5 Å². The second kappa shape index (κ2) is 41.1. The predicted molar refractivity (Wildman–Crippen MR) is 394 cm³/mol. The van der Waals surface area contributed by atoms with Gasteiger partial charge in [0, 0.05) is 17.8 Å². The summed E-state index contributed by atoms with van der Waals surface area (Å²) in [7, 11) is -19.5. The Morgan fingerprint density at radius 2 is 0.759 bits per heavy atom. The van der Waals surface area contributed by atoms with E-state index in [0.717, 1.165) is 29.7 Å². The zero-order valence-corrected chi connectivity index (χ0v) is 68.4. The number of anilines is 1. The Hall–Kier alpha value is -7.36. The van der Waals surface area contributed by atoms with Gasteiger partial charge in [-0.25, -0.2) is 64.2 Å². The molecule has 16 atom stereocenters. The Balaban J connectivity index is 0.000000218. The van der Waals surface area contributed by atoms with Crippen LogP contribution in [-0.2, 0) is 57.1 Å². The van der Waals surface area contributed by atoms with Crippen LogP contribution in [0.5, 0.6) is 0 Å². The minimum Gasteiger partial charge on any atom is -1.00 e. The summed E-state index contributed by atoms with van der Waals surface area (Å²) in [5.74, 6) is -0.385. The van der Waals surface area contributed by atoms with Crippen molar-refractivity contribution in [3.05, 3.63) is 67.7 Å². The van der Waals surface area contributed by atoms with E-state index >= 15 is 0 Å². The van der Waals surface area contributed by atoms with Gasteiger partial charge in [-0.1, -0.05) is 94.9 Å². The Kier molecular flexibility index (Phi) is 34.5. The summed E-state index contributed by atoms with van der Waals surface area (Å²) in [6.07, 6.45) is 15.1. The van der Waals surface area contributed by atoms with Gasteiger partial charge in [0.05, 0.1) is 93.5 Å². The molecule has 12 heterocycles.